The lowest BCUT2D eigenvalue weighted by molar-refractivity contribution is 0.673. The van der Waals surface area contributed by atoms with E-state index in [1.165, 1.54) is 0 Å². The quantitative estimate of drug-likeness (QED) is 0.790. The van der Waals surface area contributed by atoms with Gasteiger partial charge in [-0.25, -0.2) is 0 Å². The smallest absolute Gasteiger partial charge is 0.226 e. The van der Waals surface area contributed by atoms with E-state index in [2.05, 4.69) is 38.9 Å². The SMILES string of the molecule is CCCCN(CCCC)c1nc(Cl)nc2[nH]ncc12. The molecule has 0 aliphatic rings. The van der Waals surface area contributed by atoms with Crippen LogP contribution in [0.15, 0.2) is 6.20 Å². The van der Waals surface area contributed by atoms with Crippen molar-refractivity contribution in [3.05, 3.63) is 11.5 Å². The van der Waals surface area contributed by atoms with E-state index in [9.17, 15) is 0 Å². The van der Waals surface area contributed by atoms with Crippen LogP contribution in [0.3, 0.4) is 0 Å². The summed E-state index contributed by atoms with van der Waals surface area (Å²) in [5.41, 5.74) is 0.702. The third kappa shape index (κ3) is 3.35. The molecule has 6 heteroatoms. The molecule has 0 bridgehead atoms. The maximum Gasteiger partial charge on any atom is 0.226 e. The average molecular weight is 282 g/mol. The predicted octanol–water partition coefficient (Wildman–Crippen LogP) is 3.41. The van der Waals surface area contributed by atoms with Gasteiger partial charge < -0.3 is 4.90 Å². The third-order valence-corrected chi connectivity index (χ3v) is 3.29. The van der Waals surface area contributed by atoms with E-state index in [0.29, 0.717) is 5.65 Å². The highest BCUT2D eigenvalue weighted by Gasteiger charge is 2.14. The summed E-state index contributed by atoms with van der Waals surface area (Å²) in [4.78, 5) is 10.8. The molecule has 1 N–H and O–H groups in total. The first-order valence-corrected chi connectivity index (χ1v) is 7.25. The van der Waals surface area contributed by atoms with Gasteiger partial charge in [0.2, 0.25) is 5.28 Å². The minimum atomic E-state index is 0.268. The first kappa shape index (κ1) is 14.1. The average Bonchev–Trinajstić information content (AvgIpc) is 2.86. The zero-order valence-corrected chi connectivity index (χ0v) is 12.2. The normalized spacial score (nSPS) is 11.1. The van der Waals surface area contributed by atoms with E-state index in [1.807, 2.05) is 0 Å². The molecule has 104 valence electrons. The standard InChI is InChI=1S/C13H20ClN5/c1-3-5-7-19(8-6-4-2)12-10-9-15-18-11(10)16-13(14)17-12/h9H,3-8H2,1-2H3,(H,15,16,17,18). The van der Waals surface area contributed by atoms with Crippen LogP contribution in [0.5, 0.6) is 0 Å². The Kier molecular flexibility index (Phi) is 4.96. The highest BCUT2D eigenvalue weighted by molar-refractivity contribution is 6.28. The van der Waals surface area contributed by atoms with Crippen LogP contribution in [0.1, 0.15) is 39.5 Å². The van der Waals surface area contributed by atoms with Crippen LogP contribution < -0.4 is 4.90 Å². The van der Waals surface area contributed by atoms with Gasteiger partial charge in [0, 0.05) is 13.1 Å². The highest BCUT2D eigenvalue weighted by Crippen LogP contribution is 2.24. The van der Waals surface area contributed by atoms with Crippen LogP contribution >= 0.6 is 11.6 Å². The molecule has 0 atom stereocenters. The van der Waals surface area contributed by atoms with E-state index in [0.717, 1.165) is 50.0 Å². The molecule has 0 spiro atoms. The number of hydrogen-bond acceptors (Lipinski definition) is 4. The number of fused-ring (bicyclic) bond motifs is 1. The van der Waals surface area contributed by atoms with Crippen molar-refractivity contribution in [2.24, 2.45) is 0 Å². The van der Waals surface area contributed by atoms with Crippen LogP contribution in [-0.4, -0.2) is 33.3 Å². The Morgan fingerprint density at radius 1 is 1.16 bits per heavy atom. The largest absolute Gasteiger partial charge is 0.356 e. The number of nitrogens with zero attached hydrogens (tertiary/aromatic N) is 4. The second-order valence-electron chi connectivity index (χ2n) is 4.64. The Morgan fingerprint density at radius 2 is 1.84 bits per heavy atom. The van der Waals surface area contributed by atoms with E-state index in [-0.39, 0.29) is 5.28 Å². The van der Waals surface area contributed by atoms with Crippen molar-refractivity contribution in [2.75, 3.05) is 18.0 Å². The van der Waals surface area contributed by atoms with E-state index in [4.69, 9.17) is 11.6 Å². The maximum atomic E-state index is 6.00. The number of aromatic nitrogens is 4. The van der Waals surface area contributed by atoms with E-state index in [1.54, 1.807) is 6.20 Å². The summed E-state index contributed by atoms with van der Waals surface area (Å²) >= 11 is 6.00. The number of anilines is 1. The van der Waals surface area contributed by atoms with Gasteiger partial charge in [0.1, 0.15) is 5.82 Å². The molecule has 0 unspecified atom stereocenters. The highest BCUT2D eigenvalue weighted by atomic mass is 35.5. The maximum absolute atomic E-state index is 6.00. The number of H-pyrrole nitrogens is 1. The molecule has 0 aromatic carbocycles. The molecule has 0 aliphatic carbocycles. The van der Waals surface area contributed by atoms with Crippen molar-refractivity contribution in [1.82, 2.24) is 20.2 Å². The zero-order valence-electron chi connectivity index (χ0n) is 11.5. The van der Waals surface area contributed by atoms with Crippen LogP contribution in [0.25, 0.3) is 11.0 Å². The van der Waals surface area contributed by atoms with E-state index >= 15 is 0 Å². The van der Waals surface area contributed by atoms with Gasteiger partial charge in [-0.05, 0) is 24.4 Å². The number of rotatable bonds is 7. The van der Waals surface area contributed by atoms with Crippen molar-refractivity contribution in [3.63, 3.8) is 0 Å². The van der Waals surface area contributed by atoms with Crippen LogP contribution in [0.4, 0.5) is 5.82 Å². The monoisotopic (exact) mass is 281 g/mol. The molecular formula is C13H20ClN5. The molecule has 0 fully saturated rings. The lowest BCUT2D eigenvalue weighted by Crippen LogP contribution is -2.26. The summed E-state index contributed by atoms with van der Waals surface area (Å²) < 4.78 is 0. The minimum Gasteiger partial charge on any atom is -0.356 e. The first-order valence-electron chi connectivity index (χ1n) is 6.87. The number of halogens is 1. The van der Waals surface area contributed by atoms with Gasteiger partial charge in [0.15, 0.2) is 5.65 Å². The van der Waals surface area contributed by atoms with Gasteiger partial charge in [-0.2, -0.15) is 15.1 Å². The molecule has 0 aliphatic heterocycles. The molecule has 2 heterocycles. The molecule has 0 amide bonds. The van der Waals surface area contributed by atoms with Crippen molar-refractivity contribution in [2.45, 2.75) is 39.5 Å². The summed E-state index contributed by atoms with van der Waals surface area (Å²) in [6.45, 7) is 6.37. The summed E-state index contributed by atoms with van der Waals surface area (Å²) in [6.07, 6.45) is 6.38. The van der Waals surface area contributed by atoms with Gasteiger partial charge in [-0.15, -0.1) is 0 Å². The summed E-state index contributed by atoms with van der Waals surface area (Å²) in [7, 11) is 0. The van der Waals surface area contributed by atoms with E-state index < -0.39 is 0 Å². The zero-order chi connectivity index (χ0) is 13.7. The molecule has 2 aromatic heterocycles. The number of unbranched alkanes of at least 4 members (excludes halogenated alkanes) is 2. The molecule has 0 saturated carbocycles. The molecule has 2 aromatic rings. The Labute approximate surface area is 118 Å². The lowest BCUT2D eigenvalue weighted by Gasteiger charge is -2.23. The van der Waals surface area contributed by atoms with Gasteiger partial charge in [0.25, 0.3) is 0 Å². The van der Waals surface area contributed by atoms with Crippen molar-refractivity contribution in [3.8, 4) is 0 Å². The molecule has 2 rings (SSSR count). The second-order valence-corrected chi connectivity index (χ2v) is 4.98. The Hall–Kier alpha value is -1.36. The molecule has 0 saturated heterocycles. The predicted molar refractivity (Wildman–Crippen MR) is 78.7 cm³/mol. The molecule has 5 nitrogen and oxygen atoms in total. The van der Waals surface area contributed by atoms with Gasteiger partial charge in [0.05, 0.1) is 11.6 Å². The van der Waals surface area contributed by atoms with Gasteiger partial charge in [-0.1, -0.05) is 26.7 Å². The molecule has 0 radical (unpaired) electrons. The third-order valence-electron chi connectivity index (χ3n) is 3.13. The van der Waals surface area contributed by atoms with Gasteiger partial charge in [-0.3, -0.25) is 5.10 Å². The Morgan fingerprint density at radius 3 is 2.47 bits per heavy atom. The molecule has 19 heavy (non-hydrogen) atoms. The van der Waals surface area contributed by atoms with Crippen LogP contribution in [0, 0.1) is 0 Å². The topological polar surface area (TPSA) is 57.7 Å². The van der Waals surface area contributed by atoms with Crippen molar-refractivity contribution in [1.29, 1.82) is 0 Å². The van der Waals surface area contributed by atoms with Gasteiger partial charge >= 0.3 is 0 Å². The Bertz CT molecular complexity index is 517. The van der Waals surface area contributed by atoms with Crippen LogP contribution in [-0.2, 0) is 0 Å². The van der Waals surface area contributed by atoms with Crippen molar-refractivity contribution < 1.29 is 0 Å². The van der Waals surface area contributed by atoms with Crippen molar-refractivity contribution >= 4 is 28.5 Å². The number of hydrogen-bond donors (Lipinski definition) is 1. The fourth-order valence-corrected chi connectivity index (χ4v) is 2.22. The second kappa shape index (κ2) is 6.70. The number of nitrogens with one attached hydrogen (secondary N) is 1. The Balaban J connectivity index is 2.33. The number of aromatic amines is 1. The molecular weight excluding hydrogens is 262 g/mol. The lowest BCUT2D eigenvalue weighted by atomic mass is 10.2. The fourth-order valence-electron chi connectivity index (χ4n) is 2.06. The summed E-state index contributed by atoms with van der Waals surface area (Å²) in [5, 5.41) is 8.10. The minimum absolute atomic E-state index is 0.268. The summed E-state index contributed by atoms with van der Waals surface area (Å²) in [5.74, 6) is 0.894. The van der Waals surface area contributed by atoms with Crippen LogP contribution in [0.2, 0.25) is 5.28 Å². The first-order chi connectivity index (χ1) is 9.26. The fraction of sp³-hybridized carbons (Fsp3) is 0.615. The summed E-state index contributed by atoms with van der Waals surface area (Å²) in [6, 6.07) is 0.